The number of benzene rings is 1. The van der Waals surface area contributed by atoms with Gasteiger partial charge in [0.25, 0.3) is 5.91 Å². The number of nitrogens with one attached hydrogen (secondary N) is 1. The molecule has 0 radical (unpaired) electrons. The minimum Gasteiger partial charge on any atom is -0.370 e. The Morgan fingerprint density at radius 2 is 2.19 bits per heavy atom. The lowest BCUT2D eigenvalue weighted by Crippen LogP contribution is -2.49. The largest absolute Gasteiger partial charge is 0.370 e. The van der Waals surface area contributed by atoms with E-state index >= 15 is 0 Å². The zero-order chi connectivity index (χ0) is 18.4. The molecule has 138 valence electrons. The van der Waals surface area contributed by atoms with E-state index in [0.717, 1.165) is 5.69 Å². The third-order valence-electron chi connectivity index (χ3n) is 5.23. The number of hydrogen-bond donors (Lipinski definition) is 1. The van der Waals surface area contributed by atoms with Crippen molar-refractivity contribution >= 4 is 5.91 Å². The topological polar surface area (TPSA) is 88.9 Å². The molecule has 4 heterocycles. The van der Waals surface area contributed by atoms with Crippen molar-refractivity contribution in [2.24, 2.45) is 0 Å². The van der Waals surface area contributed by atoms with Crippen LogP contribution in [0, 0.1) is 5.82 Å². The molecule has 0 bridgehead atoms. The highest BCUT2D eigenvalue weighted by Gasteiger charge is 2.38. The maximum Gasteiger partial charge on any atom is 0.257 e. The van der Waals surface area contributed by atoms with Gasteiger partial charge in [0.05, 0.1) is 48.1 Å². The predicted molar refractivity (Wildman–Crippen MR) is 92.1 cm³/mol. The Kier molecular flexibility index (Phi) is 3.75. The first-order chi connectivity index (χ1) is 13.2. The molecule has 3 aromatic rings. The molecule has 2 atom stereocenters. The van der Waals surface area contributed by atoms with Crippen LogP contribution in [0.15, 0.2) is 36.7 Å². The Morgan fingerprint density at radius 1 is 1.30 bits per heavy atom. The van der Waals surface area contributed by atoms with Crippen LogP contribution in [0.2, 0.25) is 0 Å². The van der Waals surface area contributed by atoms with E-state index in [1.807, 2.05) is 4.68 Å². The van der Waals surface area contributed by atoms with Gasteiger partial charge in [-0.3, -0.25) is 9.89 Å². The maximum atomic E-state index is 14.2. The number of ether oxygens (including phenoxy) is 1. The third-order valence-corrected chi connectivity index (χ3v) is 5.23. The number of carbonyl (C=O) groups excluding carboxylic acids is 1. The average Bonchev–Trinajstić information content (AvgIpc) is 3.37. The number of fused-ring (bicyclic) bond motifs is 3. The molecule has 9 heteroatoms. The molecule has 1 N–H and O–H groups in total. The van der Waals surface area contributed by atoms with Crippen molar-refractivity contribution in [2.45, 2.75) is 25.2 Å². The van der Waals surface area contributed by atoms with E-state index in [4.69, 9.17) is 4.74 Å². The molecule has 0 aliphatic carbocycles. The van der Waals surface area contributed by atoms with Crippen LogP contribution in [0.1, 0.15) is 28.5 Å². The second-order valence-electron chi connectivity index (χ2n) is 6.77. The van der Waals surface area contributed by atoms with Crippen LogP contribution in [-0.2, 0) is 11.3 Å². The summed E-state index contributed by atoms with van der Waals surface area (Å²) in [5, 5.41) is 14.8. The number of piperidine rings is 1. The van der Waals surface area contributed by atoms with E-state index < -0.39 is 5.82 Å². The first kappa shape index (κ1) is 16.1. The van der Waals surface area contributed by atoms with Crippen molar-refractivity contribution in [3.8, 4) is 11.3 Å². The van der Waals surface area contributed by atoms with Gasteiger partial charge in [0.15, 0.2) is 0 Å². The van der Waals surface area contributed by atoms with Crippen LogP contribution in [0.4, 0.5) is 4.39 Å². The molecular formula is C18H17FN6O2. The highest BCUT2D eigenvalue weighted by molar-refractivity contribution is 5.99. The molecule has 0 saturated carbocycles. The van der Waals surface area contributed by atoms with Gasteiger partial charge in [-0.25, -0.2) is 9.07 Å². The van der Waals surface area contributed by atoms with Gasteiger partial charge in [0.1, 0.15) is 5.82 Å². The number of rotatable bonds is 2. The SMILES string of the molecule is O=C(c1cn[nH]c1-c1ccccc1F)N1CC[C@H]2OCc3cnnn3[C@H]2C1. The van der Waals surface area contributed by atoms with Crippen LogP contribution in [-0.4, -0.2) is 55.2 Å². The van der Waals surface area contributed by atoms with Gasteiger partial charge in [-0.15, -0.1) is 5.10 Å². The second kappa shape index (κ2) is 6.27. The fraction of sp³-hybridized carbons (Fsp3) is 0.333. The minimum atomic E-state index is -0.401. The Bertz CT molecular complexity index is 999. The van der Waals surface area contributed by atoms with Crippen LogP contribution >= 0.6 is 0 Å². The number of halogens is 1. The van der Waals surface area contributed by atoms with Crippen LogP contribution in [0.25, 0.3) is 11.3 Å². The van der Waals surface area contributed by atoms with Gasteiger partial charge in [-0.1, -0.05) is 17.3 Å². The number of amides is 1. The summed E-state index contributed by atoms with van der Waals surface area (Å²) in [6.07, 6.45) is 3.86. The Labute approximate surface area is 153 Å². The summed E-state index contributed by atoms with van der Waals surface area (Å²) in [6, 6.07) is 6.26. The summed E-state index contributed by atoms with van der Waals surface area (Å²) < 4.78 is 21.9. The molecule has 8 nitrogen and oxygen atoms in total. The van der Waals surface area contributed by atoms with Gasteiger partial charge in [0.2, 0.25) is 0 Å². The smallest absolute Gasteiger partial charge is 0.257 e. The highest BCUT2D eigenvalue weighted by Crippen LogP contribution is 2.32. The van der Waals surface area contributed by atoms with Crippen LogP contribution in [0.5, 0.6) is 0 Å². The normalized spacial score (nSPS) is 21.6. The molecule has 1 amide bonds. The maximum absolute atomic E-state index is 14.2. The first-order valence-electron chi connectivity index (χ1n) is 8.80. The third kappa shape index (κ3) is 2.62. The fourth-order valence-electron chi connectivity index (χ4n) is 3.85. The van der Waals surface area contributed by atoms with Crippen LogP contribution < -0.4 is 0 Å². The summed E-state index contributed by atoms with van der Waals surface area (Å²) in [6.45, 7) is 1.51. The molecule has 27 heavy (non-hydrogen) atoms. The van der Waals surface area contributed by atoms with E-state index in [9.17, 15) is 9.18 Å². The van der Waals surface area contributed by atoms with Crippen molar-refractivity contribution in [2.75, 3.05) is 13.1 Å². The zero-order valence-corrected chi connectivity index (χ0v) is 14.4. The molecular weight excluding hydrogens is 351 g/mol. The number of likely N-dealkylation sites (tertiary alicyclic amines) is 1. The quantitative estimate of drug-likeness (QED) is 0.745. The standard InChI is InChI=1S/C18H17FN6O2/c19-14-4-2-1-3-12(14)17-13(8-20-22-17)18(26)24-6-5-16-15(9-24)25-11(10-27-16)7-21-23-25/h1-4,7-8,15-16H,5-6,9-10H2,(H,20,22)/t15-,16+/m0/s1. The Morgan fingerprint density at radius 3 is 3.07 bits per heavy atom. The van der Waals surface area contributed by atoms with E-state index in [1.165, 1.54) is 12.3 Å². The molecule has 0 unspecified atom stereocenters. The number of aromatic nitrogens is 5. The number of hydrogen-bond acceptors (Lipinski definition) is 5. The highest BCUT2D eigenvalue weighted by atomic mass is 19.1. The van der Waals surface area contributed by atoms with Crippen LogP contribution in [0.3, 0.4) is 0 Å². The number of carbonyl (C=O) groups is 1. The minimum absolute atomic E-state index is 0.0126. The van der Waals surface area contributed by atoms with Crippen molar-refractivity contribution in [1.82, 2.24) is 30.1 Å². The number of H-pyrrole nitrogens is 1. The molecule has 5 rings (SSSR count). The van der Waals surface area contributed by atoms with Gasteiger partial charge < -0.3 is 9.64 Å². The molecule has 2 aliphatic heterocycles. The molecule has 1 saturated heterocycles. The van der Waals surface area contributed by atoms with Gasteiger partial charge in [0, 0.05) is 18.7 Å². The lowest BCUT2D eigenvalue weighted by Gasteiger charge is -2.40. The summed E-state index contributed by atoms with van der Waals surface area (Å²) in [7, 11) is 0. The molecule has 1 aromatic carbocycles. The van der Waals surface area contributed by atoms with Gasteiger partial charge in [-0.2, -0.15) is 5.10 Å². The van der Waals surface area contributed by atoms with Gasteiger partial charge in [-0.05, 0) is 18.6 Å². The zero-order valence-electron chi connectivity index (χ0n) is 14.4. The van der Waals surface area contributed by atoms with Crippen molar-refractivity contribution in [3.63, 3.8) is 0 Å². The first-order valence-corrected chi connectivity index (χ1v) is 8.80. The lowest BCUT2D eigenvalue weighted by atomic mass is 9.99. The molecule has 0 spiro atoms. The van der Waals surface area contributed by atoms with E-state index in [1.54, 1.807) is 29.3 Å². The summed E-state index contributed by atoms with van der Waals surface area (Å²) >= 11 is 0. The molecule has 2 aliphatic rings. The predicted octanol–water partition coefficient (Wildman–Crippen LogP) is 1.79. The Hall–Kier alpha value is -3.07. The lowest BCUT2D eigenvalue weighted by molar-refractivity contribution is -0.0604. The fourth-order valence-corrected chi connectivity index (χ4v) is 3.85. The molecule has 2 aromatic heterocycles. The average molecular weight is 368 g/mol. The van der Waals surface area contributed by atoms with E-state index in [-0.39, 0.29) is 18.1 Å². The van der Waals surface area contributed by atoms with Crippen molar-refractivity contribution in [1.29, 1.82) is 0 Å². The number of nitrogens with zero attached hydrogens (tertiary/aromatic N) is 5. The molecule has 1 fully saturated rings. The van der Waals surface area contributed by atoms with E-state index in [0.29, 0.717) is 42.9 Å². The van der Waals surface area contributed by atoms with Gasteiger partial charge >= 0.3 is 0 Å². The summed E-state index contributed by atoms with van der Waals surface area (Å²) in [5.41, 5.74) is 1.98. The van der Waals surface area contributed by atoms with E-state index in [2.05, 4.69) is 20.5 Å². The van der Waals surface area contributed by atoms with Crippen molar-refractivity contribution in [3.05, 3.63) is 53.7 Å². The number of aromatic amines is 1. The Balaban J connectivity index is 1.44. The monoisotopic (exact) mass is 368 g/mol. The second-order valence-corrected chi connectivity index (χ2v) is 6.77. The summed E-state index contributed by atoms with van der Waals surface area (Å²) in [5.74, 6) is -0.588. The summed E-state index contributed by atoms with van der Waals surface area (Å²) in [4.78, 5) is 14.9. The van der Waals surface area contributed by atoms with Crippen molar-refractivity contribution < 1.29 is 13.9 Å².